The van der Waals surface area contributed by atoms with Crippen molar-refractivity contribution in [1.82, 2.24) is 0 Å². The molecule has 0 fully saturated rings. The van der Waals surface area contributed by atoms with Gasteiger partial charge in [-0.15, -0.1) is 0 Å². The van der Waals surface area contributed by atoms with E-state index in [0.717, 1.165) is 0 Å². The molecule has 0 aliphatic rings. The van der Waals surface area contributed by atoms with Crippen LogP contribution in [0.4, 0.5) is 4.79 Å². The predicted molar refractivity (Wildman–Crippen MR) is 56.6 cm³/mol. The average molecular weight is 278 g/mol. The largest absolute Gasteiger partial charge is 1.00 e. The van der Waals surface area contributed by atoms with Gasteiger partial charge in [-0.2, -0.15) is 0 Å². The Labute approximate surface area is 147 Å². The first-order chi connectivity index (χ1) is 6.84. The Morgan fingerprint density at radius 3 is 2.06 bits per heavy atom. The Hall–Kier alpha value is 0.680. The van der Waals surface area contributed by atoms with Gasteiger partial charge in [0.1, 0.15) is 5.75 Å². The summed E-state index contributed by atoms with van der Waals surface area (Å²) < 4.78 is 15.8. The molecule has 2 N–H and O–H groups in total. The minimum atomic E-state index is -4.62. The SMILES string of the molecule is Cc1cccc(C)c1OP(=O)(O)C(=O)O.[H-].[H-].[Na+].[Na+]. The van der Waals surface area contributed by atoms with Crippen LogP contribution in [0.5, 0.6) is 5.75 Å². The zero-order valence-electron chi connectivity index (χ0n) is 12.3. The maximum absolute atomic E-state index is 11.1. The first kappa shape index (κ1) is 20.0. The van der Waals surface area contributed by atoms with Gasteiger partial charge in [-0.05, 0) is 25.0 Å². The summed E-state index contributed by atoms with van der Waals surface area (Å²) in [5.74, 6) is 0.144. The van der Waals surface area contributed by atoms with Gasteiger partial charge in [0.15, 0.2) is 0 Å². The molecule has 0 spiro atoms. The van der Waals surface area contributed by atoms with E-state index in [-0.39, 0.29) is 67.7 Å². The van der Waals surface area contributed by atoms with E-state index >= 15 is 0 Å². The second-order valence-corrected chi connectivity index (χ2v) is 4.72. The number of rotatable bonds is 3. The molecular formula is C9H13Na2O5P. The van der Waals surface area contributed by atoms with Crippen LogP contribution in [0.15, 0.2) is 18.2 Å². The van der Waals surface area contributed by atoms with Gasteiger partial charge in [0.2, 0.25) is 0 Å². The summed E-state index contributed by atoms with van der Waals surface area (Å²) in [4.78, 5) is 19.4. The minimum absolute atomic E-state index is 0. The van der Waals surface area contributed by atoms with Crippen molar-refractivity contribution in [2.45, 2.75) is 13.8 Å². The molecule has 0 amide bonds. The Kier molecular flexibility index (Phi) is 9.38. The van der Waals surface area contributed by atoms with E-state index < -0.39 is 13.3 Å². The number of benzene rings is 1. The van der Waals surface area contributed by atoms with E-state index in [1.165, 1.54) is 0 Å². The van der Waals surface area contributed by atoms with E-state index in [1.807, 2.05) is 0 Å². The zero-order chi connectivity index (χ0) is 11.6. The third kappa shape index (κ3) is 5.45. The van der Waals surface area contributed by atoms with Crippen LogP contribution in [-0.4, -0.2) is 15.7 Å². The van der Waals surface area contributed by atoms with Crippen molar-refractivity contribution in [3.05, 3.63) is 29.3 Å². The zero-order valence-corrected chi connectivity index (χ0v) is 15.2. The number of carboxylic acid groups (broad SMARTS) is 1. The second kappa shape index (κ2) is 7.97. The molecule has 0 saturated carbocycles. The molecule has 0 aromatic heterocycles. The van der Waals surface area contributed by atoms with Gasteiger partial charge in [-0.3, -0.25) is 0 Å². The van der Waals surface area contributed by atoms with Crippen LogP contribution in [0.3, 0.4) is 0 Å². The monoisotopic (exact) mass is 278 g/mol. The number of carbonyl (C=O) groups is 1. The van der Waals surface area contributed by atoms with Gasteiger partial charge in [-0.25, -0.2) is 9.36 Å². The third-order valence-corrected chi connectivity index (χ3v) is 2.78. The summed E-state index contributed by atoms with van der Waals surface area (Å²) in [7, 11) is -4.62. The van der Waals surface area contributed by atoms with E-state index in [2.05, 4.69) is 4.52 Å². The fourth-order valence-corrected chi connectivity index (χ4v) is 1.72. The van der Waals surface area contributed by atoms with Crippen LogP contribution >= 0.6 is 7.60 Å². The van der Waals surface area contributed by atoms with Crippen molar-refractivity contribution in [1.29, 1.82) is 0 Å². The summed E-state index contributed by atoms with van der Waals surface area (Å²) in [6.45, 7) is 3.34. The molecule has 8 heteroatoms. The minimum Gasteiger partial charge on any atom is -1.00 e. The number of hydrogen-bond acceptors (Lipinski definition) is 3. The van der Waals surface area contributed by atoms with Gasteiger partial charge in [0.25, 0.3) is 0 Å². The Bertz CT molecular complexity index is 438. The summed E-state index contributed by atoms with van der Waals surface area (Å²) >= 11 is 0. The fourth-order valence-electron chi connectivity index (χ4n) is 1.11. The molecule has 0 heterocycles. The van der Waals surface area contributed by atoms with Crippen LogP contribution in [0.2, 0.25) is 0 Å². The molecule has 1 aromatic carbocycles. The van der Waals surface area contributed by atoms with Gasteiger partial charge in [0, 0.05) is 0 Å². The van der Waals surface area contributed by atoms with Gasteiger partial charge >= 0.3 is 72.4 Å². The van der Waals surface area contributed by atoms with Crippen molar-refractivity contribution >= 4 is 13.3 Å². The normalized spacial score (nSPS) is 12.6. The molecule has 1 unspecified atom stereocenters. The number of para-hydroxylation sites is 1. The standard InChI is InChI=1S/C9H11O5P.2Na.2H/c1-6-4-3-5-7(2)8(6)14-15(12,13)9(10)11;;;;/h3-5H,1-2H3,(H,10,11)(H,12,13);;;;/q;2*+1;2*-1. The molecular weight excluding hydrogens is 265 g/mol. The Balaban J connectivity index is -0.000000281. The van der Waals surface area contributed by atoms with Crippen molar-refractivity contribution in [2.75, 3.05) is 0 Å². The van der Waals surface area contributed by atoms with Crippen molar-refractivity contribution in [3.63, 3.8) is 0 Å². The van der Waals surface area contributed by atoms with Crippen LogP contribution in [0.25, 0.3) is 0 Å². The van der Waals surface area contributed by atoms with Crippen molar-refractivity contribution in [3.8, 4) is 5.75 Å². The van der Waals surface area contributed by atoms with Crippen LogP contribution in [-0.2, 0) is 4.57 Å². The molecule has 1 aromatic rings. The third-order valence-electron chi connectivity index (χ3n) is 1.87. The maximum Gasteiger partial charge on any atom is 1.00 e. The van der Waals surface area contributed by atoms with Crippen LogP contribution < -0.4 is 63.6 Å². The second-order valence-electron chi connectivity index (χ2n) is 3.12. The predicted octanol–water partition coefficient (Wildman–Crippen LogP) is -3.22. The van der Waals surface area contributed by atoms with E-state index in [0.29, 0.717) is 11.1 Å². The topological polar surface area (TPSA) is 83.8 Å². The number of hydrogen-bond donors (Lipinski definition) is 2. The smallest absolute Gasteiger partial charge is 1.00 e. The summed E-state index contributed by atoms with van der Waals surface area (Å²) in [5, 5.41) is 8.45. The van der Waals surface area contributed by atoms with Gasteiger partial charge in [-0.1, -0.05) is 18.2 Å². The average Bonchev–Trinajstić information content (AvgIpc) is 2.11. The van der Waals surface area contributed by atoms with E-state index in [9.17, 15) is 9.36 Å². The van der Waals surface area contributed by atoms with E-state index in [1.54, 1.807) is 32.0 Å². The summed E-state index contributed by atoms with van der Waals surface area (Å²) in [6.07, 6.45) is 0. The molecule has 1 rings (SSSR count). The molecule has 17 heavy (non-hydrogen) atoms. The quantitative estimate of drug-likeness (QED) is 0.449. The molecule has 0 bridgehead atoms. The number of aryl methyl sites for hydroxylation is 2. The first-order valence-electron chi connectivity index (χ1n) is 4.16. The Morgan fingerprint density at radius 2 is 1.71 bits per heavy atom. The first-order valence-corrected chi connectivity index (χ1v) is 5.74. The molecule has 0 aliphatic heterocycles. The Morgan fingerprint density at radius 1 is 1.29 bits per heavy atom. The van der Waals surface area contributed by atoms with Crippen LogP contribution in [0.1, 0.15) is 14.0 Å². The molecule has 1 atom stereocenters. The summed E-state index contributed by atoms with van der Waals surface area (Å²) in [6, 6.07) is 5.09. The molecule has 5 nitrogen and oxygen atoms in total. The van der Waals surface area contributed by atoms with Gasteiger partial charge in [0.05, 0.1) is 0 Å². The van der Waals surface area contributed by atoms with Crippen molar-refractivity contribution < 1.29 is 85.9 Å². The molecule has 0 saturated heterocycles. The van der Waals surface area contributed by atoms with Crippen LogP contribution in [0, 0.1) is 13.8 Å². The van der Waals surface area contributed by atoms with E-state index in [4.69, 9.17) is 10.00 Å². The van der Waals surface area contributed by atoms with Gasteiger partial charge < -0.3 is 17.4 Å². The summed E-state index contributed by atoms with van der Waals surface area (Å²) in [5.41, 5.74) is -0.624. The molecule has 0 radical (unpaired) electrons. The molecule has 86 valence electrons. The van der Waals surface area contributed by atoms with Crippen molar-refractivity contribution in [2.24, 2.45) is 0 Å². The fraction of sp³-hybridized carbons (Fsp3) is 0.222. The molecule has 0 aliphatic carbocycles. The maximum atomic E-state index is 11.1.